The Morgan fingerprint density at radius 2 is 1.74 bits per heavy atom. The molecule has 0 saturated carbocycles. The summed E-state index contributed by atoms with van der Waals surface area (Å²) in [6, 6.07) is 13.6. The van der Waals surface area contributed by atoms with E-state index in [1.165, 1.54) is 30.0 Å². The number of amides is 1. The molecule has 0 saturated heterocycles. The number of carbonyl (C=O) groups excluding carboxylic acids is 1. The van der Waals surface area contributed by atoms with Crippen molar-refractivity contribution in [3.63, 3.8) is 0 Å². The highest BCUT2D eigenvalue weighted by atomic mass is 32.2. The molecule has 228 valence electrons. The second-order valence-corrected chi connectivity index (χ2v) is 12.1. The summed E-state index contributed by atoms with van der Waals surface area (Å²) in [5.74, 6) is -3.18. The lowest BCUT2D eigenvalue weighted by Crippen LogP contribution is -2.39. The molecule has 1 atom stereocenters. The first-order valence-corrected chi connectivity index (χ1v) is 14.6. The van der Waals surface area contributed by atoms with Crippen molar-refractivity contribution in [3.8, 4) is 11.8 Å². The first-order chi connectivity index (χ1) is 19.7. The van der Waals surface area contributed by atoms with Crippen molar-refractivity contribution in [2.75, 3.05) is 18.1 Å². The Morgan fingerprint density at radius 1 is 1.07 bits per heavy atom. The fraction of sp³-hybridized carbons (Fsp3) is 0.300. The van der Waals surface area contributed by atoms with E-state index >= 15 is 0 Å². The van der Waals surface area contributed by atoms with Gasteiger partial charge in [-0.25, -0.2) is 22.2 Å². The Bertz CT molecular complexity index is 1780. The van der Waals surface area contributed by atoms with Crippen LogP contribution in [0.5, 0.6) is 0 Å². The van der Waals surface area contributed by atoms with E-state index < -0.39 is 57.3 Å². The predicted octanol–water partition coefficient (Wildman–Crippen LogP) is 6.40. The summed E-state index contributed by atoms with van der Waals surface area (Å²) in [5.41, 5.74) is -0.0413. The minimum atomic E-state index is -4.98. The van der Waals surface area contributed by atoms with Crippen molar-refractivity contribution in [2.45, 2.75) is 39.9 Å². The molecular weight excluding hydrogens is 591 g/mol. The van der Waals surface area contributed by atoms with Gasteiger partial charge in [-0.1, -0.05) is 20.4 Å². The van der Waals surface area contributed by atoms with Gasteiger partial charge in [0.1, 0.15) is 17.5 Å². The normalized spacial score (nSPS) is 12.4. The standard InChI is InChI=1S/C29H25F5N4O3S.CH4/c1-3-42(40,41)13-12-37(27(39)15-20-6-10-24(31)23(14-20)29(32,33)34)18(2)28-36-25-16-21(30)7-11-26(25)38(28)22-8-4-19(17-35)5-9-22;/h4-11,14,16,18H,3,12-13,15H2,1-2H3;1H4/t18-;/m1./s1. The SMILES string of the molecule is C.CCS(=O)(=O)CCN(C(=O)Cc1ccc(F)c(C(F)(F)F)c1)[C@H](C)c1nc2cc(F)ccc2n1-c1ccc(C#N)cc1. The lowest BCUT2D eigenvalue weighted by molar-refractivity contribution is -0.140. The van der Waals surface area contributed by atoms with Gasteiger partial charge in [0.15, 0.2) is 9.84 Å². The van der Waals surface area contributed by atoms with Crippen LogP contribution in [0.1, 0.15) is 49.8 Å². The largest absolute Gasteiger partial charge is 0.419 e. The Morgan fingerprint density at radius 3 is 2.35 bits per heavy atom. The molecule has 0 unspecified atom stereocenters. The maximum Gasteiger partial charge on any atom is 0.419 e. The Labute approximate surface area is 246 Å². The van der Waals surface area contributed by atoms with Crippen LogP contribution in [0.4, 0.5) is 22.0 Å². The number of benzene rings is 3. The van der Waals surface area contributed by atoms with Gasteiger partial charge >= 0.3 is 6.18 Å². The molecule has 0 aliphatic heterocycles. The van der Waals surface area contributed by atoms with E-state index in [0.717, 1.165) is 6.07 Å². The highest BCUT2D eigenvalue weighted by Gasteiger charge is 2.35. The van der Waals surface area contributed by atoms with Gasteiger partial charge in [0.25, 0.3) is 0 Å². The number of halogens is 5. The number of alkyl halides is 3. The molecule has 1 amide bonds. The van der Waals surface area contributed by atoms with Crippen LogP contribution in [-0.2, 0) is 27.2 Å². The van der Waals surface area contributed by atoms with E-state index in [9.17, 15) is 40.4 Å². The van der Waals surface area contributed by atoms with E-state index in [4.69, 9.17) is 0 Å². The summed E-state index contributed by atoms with van der Waals surface area (Å²) in [7, 11) is -3.57. The van der Waals surface area contributed by atoms with Gasteiger partial charge in [0, 0.05) is 24.1 Å². The van der Waals surface area contributed by atoms with Crippen molar-refractivity contribution >= 4 is 26.8 Å². The number of carbonyl (C=O) groups is 1. The van der Waals surface area contributed by atoms with Crippen LogP contribution >= 0.6 is 0 Å². The maximum atomic E-state index is 14.1. The third kappa shape index (κ3) is 7.37. The van der Waals surface area contributed by atoms with Crippen molar-refractivity contribution in [1.29, 1.82) is 5.26 Å². The van der Waals surface area contributed by atoms with Crippen LogP contribution in [0.2, 0.25) is 0 Å². The van der Waals surface area contributed by atoms with Crippen molar-refractivity contribution in [2.24, 2.45) is 0 Å². The predicted molar refractivity (Wildman–Crippen MR) is 152 cm³/mol. The monoisotopic (exact) mass is 620 g/mol. The van der Waals surface area contributed by atoms with Crippen LogP contribution in [0.3, 0.4) is 0 Å². The van der Waals surface area contributed by atoms with Gasteiger partial charge in [-0.3, -0.25) is 9.36 Å². The van der Waals surface area contributed by atoms with E-state index in [1.807, 2.05) is 6.07 Å². The number of hydrogen-bond acceptors (Lipinski definition) is 5. The minimum absolute atomic E-state index is 0. The summed E-state index contributed by atoms with van der Waals surface area (Å²) < 4.78 is 94.2. The summed E-state index contributed by atoms with van der Waals surface area (Å²) in [4.78, 5) is 19.3. The molecule has 0 N–H and O–H groups in total. The average molecular weight is 621 g/mol. The van der Waals surface area contributed by atoms with Crippen LogP contribution in [0.15, 0.2) is 60.7 Å². The van der Waals surface area contributed by atoms with Gasteiger partial charge in [-0.2, -0.15) is 18.4 Å². The number of sulfone groups is 1. The van der Waals surface area contributed by atoms with E-state index in [1.54, 1.807) is 35.8 Å². The van der Waals surface area contributed by atoms with Gasteiger partial charge in [0.05, 0.1) is 46.4 Å². The highest BCUT2D eigenvalue weighted by molar-refractivity contribution is 7.91. The fourth-order valence-electron chi connectivity index (χ4n) is 4.54. The second-order valence-electron chi connectivity index (χ2n) is 9.59. The van der Waals surface area contributed by atoms with Crippen LogP contribution in [0.25, 0.3) is 16.7 Å². The van der Waals surface area contributed by atoms with Crippen LogP contribution in [-0.4, -0.2) is 46.8 Å². The summed E-state index contributed by atoms with van der Waals surface area (Å²) in [6.45, 7) is 2.70. The number of imidazole rings is 1. The van der Waals surface area contributed by atoms with E-state index in [2.05, 4.69) is 4.98 Å². The molecule has 1 aromatic heterocycles. The maximum absolute atomic E-state index is 14.1. The zero-order chi connectivity index (χ0) is 30.8. The molecule has 43 heavy (non-hydrogen) atoms. The average Bonchev–Trinajstić information content (AvgIpc) is 3.32. The Hall–Kier alpha value is -4.31. The number of nitrogens with zero attached hydrogens (tertiary/aromatic N) is 4. The summed E-state index contributed by atoms with van der Waals surface area (Å²) in [5, 5.41) is 9.19. The molecule has 7 nitrogen and oxygen atoms in total. The Kier molecular flexibility index (Phi) is 9.97. The molecule has 0 fully saturated rings. The van der Waals surface area contributed by atoms with Crippen LogP contribution < -0.4 is 0 Å². The number of aromatic nitrogens is 2. The van der Waals surface area contributed by atoms with Crippen molar-refractivity contribution in [3.05, 3.63) is 94.8 Å². The zero-order valence-corrected chi connectivity index (χ0v) is 23.3. The number of nitriles is 1. The third-order valence-electron chi connectivity index (χ3n) is 6.83. The van der Waals surface area contributed by atoms with Crippen molar-refractivity contribution in [1.82, 2.24) is 14.5 Å². The fourth-order valence-corrected chi connectivity index (χ4v) is 5.30. The summed E-state index contributed by atoms with van der Waals surface area (Å²) >= 11 is 0. The molecule has 0 spiro atoms. The van der Waals surface area contributed by atoms with Gasteiger partial charge in [0.2, 0.25) is 5.91 Å². The molecule has 0 radical (unpaired) electrons. The number of rotatable bonds is 9. The topological polar surface area (TPSA) is 96.1 Å². The highest BCUT2D eigenvalue weighted by Crippen LogP contribution is 2.33. The lowest BCUT2D eigenvalue weighted by Gasteiger charge is -2.30. The van der Waals surface area contributed by atoms with Gasteiger partial charge in [-0.05, 0) is 61.0 Å². The smallest absolute Gasteiger partial charge is 0.331 e. The quantitative estimate of drug-likeness (QED) is 0.202. The zero-order valence-electron chi connectivity index (χ0n) is 22.5. The minimum Gasteiger partial charge on any atom is -0.331 e. The van der Waals surface area contributed by atoms with Crippen LogP contribution in [0, 0.1) is 23.0 Å². The molecule has 0 aliphatic carbocycles. The van der Waals surface area contributed by atoms with Gasteiger partial charge < -0.3 is 4.90 Å². The first kappa shape index (κ1) is 33.2. The molecule has 0 bridgehead atoms. The van der Waals surface area contributed by atoms with Crippen molar-refractivity contribution < 1.29 is 35.2 Å². The van der Waals surface area contributed by atoms with E-state index in [-0.39, 0.29) is 36.6 Å². The molecule has 4 rings (SSSR count). The molecule has 1 heterocycles. The number of hydrogen-bond donors (Lipinski definition) is 0. The molecule has 4 aromatic rings. The third-order valence-corrected chi connectivity index (χ3v) is 8.52. The molecule has 3 aromatic carbocycles. The van der Waals surface area contributed by atoms with E-state index in [0.29, 0.717) is 28.9 Å². The molecule has 13 heteroatoms. The summed E-state index contributed by atoms with van der Waals surface area (Å²) in [6.07, 6.45) is -5.56. The number of fused-ring (bicyclic) bond motifs is 1. The lowest BCUT2D eigenvalue weighted by atomic mass is 10.1. The second kappa shape index (κ2) is 12.9. The first-order valence-electron chi connectivity index (χ1n) is 12.8. The molecular formula is C30H29F5N4O3S. The Balaban J connectivity index is 0.00000506. The van der Waals surface area contributed by atoms with Gasteiger partial charge in [-0.15, -0.1) is 0 Å². The molecule has 0 aliphatic rings.